The Morgan fingerprint density at radius 2 is 1.49 bits per heavy atom. The third kappa shape index (κ3) is 13.4. The van der Waals surface area contributed by atoms with Crippen molar-refractivity contribution >= 4 is 38.8 Å². The second-order valence-corrected chi connectivity index (χ2v) is 28.7. The van der Waals surface area contributed by atoms with Crippen molar-refractivity contribution < 1.29 is 43.1 Å². The summed E-state index contributed by atoms with van der Waals surface area (Å²) in [6.45, 7) is 17.3. The molecule has 0 aliphatic carbocycles. The van der Waals surface area contributed by atoms with Crippen LogP contribution in [0.5, 0.6) is 11.5 Å². The predicted molar refractivity (Wildman–Crippen MR) is 258 cm³/mol. The fraction of sp³-hybridized carbons (Fsp3) is 0.442. The fourth-order valence-corrected chi connectivity index (χ4v) is 13.2. The number of aliphatic hydroxyl groups excluding tert-OH is 1. The van der Waals surface area contributed by atoms with Crippen molar-refractivity contribution in [2.75, 3.05) is 27.6 Å². The van der Waals surface area contributed by atoms with E-state index in [1.807, 2.05) is 74.5 Å². The van der Waals surface area contributed by atoms with Gasteiger partial charge in [0.05, 0.1) is 19.8 Å². The molecular formula is C52H70O9Si2. The molecule has 5 rings (SSSR count). The van der Waals surface area contributed by atoms with Crippen LogP contribution in [0.25, 0.3) is 6.08 Å². The second kappa shape index (κ2) is 22.0. The van der Waals surface area contributed by atoms with Crippen LogP contribution in [0.15, 0.2) is 121 Å². The van der Waals surface area contributed by atoms with Crippen LogP contribution in [0.1, 0.15) is 68.9 Å². The number of allylic oxidation sites excluding steroid dienone is 1. The molecule has 340 valence electrons. The van der Waals surface area contributed by atoms with Gasteiger partial charge in [0.1, 0.15) is 29.3 Å². The van der Waals surface area contributed by atoms with Gasteiger partial charge < -0.3 is 38.3 Å². The molecule has 2 N–H and O–H groups in total. The number of aliphatic hydroxyl groups is 1. The van der Waals surface area contributed by atoms with E-state index in [0.717, 1.165) is 29.3 Å². The normalized spacial score (nSPS) is 18.3. The van der Waals surface area contributed by atoms with E-state index in [1.165, 1.54) is 12.7 Å². The van der Waals surface area contributed by atoms with Crippen molar-refractivity contribution in [3.8, 4) is 11.5 Å². The smallest absolute Gasteiger partial charge is 0.342 e. The molecule has 5 atom stereocenters. The van der Waals surface area contributed by atoms with Gasteiger partial charge in [-0.05, 0) is 83.6 Å². The van der Waals surface area contributed by atoms with E-state index in [0.29, 0.717) is 30.1 Å². The number of hydrogen-bond donors (Lipinski definition) is 2. The summed E-state index contributed by atoms with van der Waals surface area (Å²) >= 11 is 0. The molecule has 0 bridgehead atoms. The summed E-state index contributed by atoms with van der Waals surface area (Å²) in [4.78, 5) is 26.6. The summed E-state index contributed by atoms with van der Waals surface area (Å²) in [5, 5.41) is 13.4. The van der Waals surface area contributed by atoms with Gasteiger partial charge in [0.15, 0.2) is 12.6 Å². The van der Waals surface area contributed by atoms with Crippen molar-refractivity contribution in [2.24, 2.45) is 11.8 Å². The molecule has 0 radical (unpaired) electrons. The first-order valence-electron chi connectivity index (χ1n) is 22.1. The van der Waals surface area contributed by atoms with Gasteiger partial charge in [0, 0.05) is 21.3 Å². The van der Waals surface area contributed by atoms with E-state index in [1.54, 1.807) is 19.2 Å². The number of rotatable bonds is 22. The minimum Gasteiger partial charge on any atom is -0.497 e. The summed E-state index contributed by atoms with van der Waals surface area (Å²) < 4.78 is 35.2. The number of benzene rings is 4. The van der Waals surface area contributed by atoms with Crippen LogP contribution in [0.3, 0.4) is 0 Å². The third-order valence-corrected chi connectivity index (χ3v) is 18.2. The molecule has 1 fully saturated rings. The Morgan fingerprint density at radius 3 is 2.06 bits per heavy atom. The van der Waals surface area contributed by atoms with Gasteiger partial charge in [-0.25, -0.2) is 4.79 Å². The Morgan fingerprint density at radius 1 is 0.889 bits per heavy atom. The van der Waals surface area contributed by atoms with E-state index in [9.17, 15) is 14.7 Å². The van der Waals surface area contributed by atoms with Crippen LogP contribution in [0, 0.1) is 11.8 Å². The molecule has 63 heavy (non-hydrogen) atoms. The van der Waals surface area contributed by atoms with E-state index >= 15 is 0 Å². The van der Waals surface area contributed by atoms with E-state index in [-0.39, 0.29) is 24.2 Å². The monoisotopic (exact) mass is 894 g/mol. The molecule has 0 amide bonds. The highest BCUT2D eigenvalue weighted by atomic mass is 28.4. The Bertz CT molecular complexity index is 2060. The molecule has 1 aliphatic rings. The maximum atomic E-state index is 13.6. The lowest BCUT2D eigenvalue weighted by Crippen LogP contribution is -2.65. The molecule has 1 aliphatic heterocycles. The molecule has 9 nitrogen and oxygen atoms in total. The number of carbonyl (C=O) groups is 1. The quantitative estimate of drug-likeness (QED) is 0.0345. The Balaban J connectivity index is 1.40. The van der Waals surface area contributed by atoms with Gasteiger partial charge in [-0.1, -0.05) is 156 Å². The number of carbonyl (C=O) groups excluding carboxylic acids is 1. The number of esters is 1. The SMILES string of the molecule is COCOc1cc(OC)cc(/C=C/C[C@@H]2OC(C)(C)O[C@@H]2C(O)/C=C\C(Cc2ccccc2)[C@H](C)CC(C)(C)[Si](O)(c2ccccc2)c2ccccc2)c1C(=O)OCC[Si](C)(C)C. The molecule has 0 saturated carbocycles. The lowest BCUT2D eigenvalue weighted by Gasteiger charge is -2.43. The summed E-state index contributed by atoms with van der Waals surface area (Å²) in [5.74, 6) is -0.464. The second-order valence-electron chi connectivity index (χ2n) is 19.1. The summed E-state index contributed by atoms with van der Waals surface area (Å²) in [5.41, 5.74) is 2.03. The minimum atomic E-state index is -3.26. The van der Waals surface area contributed by atoms with E-state index in [2.05, 4.69) is 95.0 Å². The standard InChI is InChI=1S/C52H70O9Si2/c1-38(36-51(2,3)63(55,43-24-16-12-17-25-43)44-26-18-13-19-27-44)40(33-39-21-14-11-15-22-39)29-30-45(53)49-46(60-52(4,5)61-49)28-20-23-41-34-42(57-7)35-47(59-37-56-6)48(41)50(54)58-31-32-62(8,9)10/h11-27,29-30,34-35,38,40,45-46,49,53,55H,28,31-33,36-37H2,1-10H3/b23-20+,30-29-/t38-,40?,45?,46+,49-/m1/s1. The van der Waals surface area contributed by atoms with Gasteiger partial charge in [0.25, 0.3) is 8.32 Å². The molecule has 0 aromatic heterocycles. The summed E-state index contributed by atoms with van der Waals surface area (Å²) in [6.07, 6.45) is 7.48. The number of ether oxygens (including phenoxy) is 6. The lowest BCUT2D eigenvalue weighted by atomic mass is 9.82. The molecule has 4 aromatic rings. The van der Waals surface area contributed by atoms with Crippen LogP contribution in [-0.4, -0.2) is 84.0 Å². The largest absolute Gasteiger partial charge is 0.497 e. The molecular weight excluding hydrogens is 825 g/mol. The number of hydrogen-bond acceptors (Lipinski definition) is 9. The molecule has 0 spiro atoms. The molecule has 2 unspecified atom stereocenters. The van der Waals surface area contributed by atoms with Gasteiger partial charge in [0.2, 0.25) is 0 Å². The molecule has 4 aromatic carbocycles. The lowest BCUT2D eigenvalue weighted by molar-refractivity contribution is -0.152. The molecule has 1 saturated heterocycles. The zero-order valence-electron chi connectivity index (χ0n) is 39.0. The van der Waals surface area contributed by atoms with Crippen molar-refractivity contribution in [1.29, 1.82) is 0 Å². The maximum absolute atomic E-state index is 13.6. The van der Waals surface area contributed by atoms with Crippen LogP contribution < -0.4 is 19.8 Å². The third-order valence-electron chi connectivity index (χ3n) is 12.0. The summed E-state index contributed by atoms with van der Waals surface area (Å²) in [6, 6.07) is 35.0. The van der Waals surface area contributed by atoms with Crippen molar-refractivity contribution in [2.45, 2.75) is 109 Å². The van der Waals surface area contributed by atoms with E-state index in [4.69, 9.17) is 28.4 Å². The topological polar surface area (TPSA) is 113 Å². The fourth-order valence-electron chi connectivity index (χ4n) is 8.62. The van der Waals surface area contributed by atoms with Gasteiger partial charge >= 0.3 is 5.97 Å². The predicted octanol–water partition coefficient (Wildman–Crippen LogP) is 9.43. The average molecular weight is 895 g/mol. The van der Waals surface area contributed by atoms with Crippen LogP contribution in [0.2, 0.25) is 30.7 Å². The minimum absolute atomic E-state index is 0.0336. The Hall–Kier alpha value is -4.34. The van der Waals surface area contributed by atoms with Crippen LogP contribution in [-0.2, 0) is 25.4 Å². The Kier molecular flexibility index (Phi) is 17.4. The van der Waals surface area contributed by atoms with Crippen molar-refractivity contribution in [3.63, 3.8) is 0 Å². The number of methoxy groups -OCH3 is 2. The van der Waals surface area contributed by atoms with E-state index < -0.39 is 51.5 Å². The molecule has 11 heteroatoms. The highest BCUT2D eigenvalue weighted by Crippen LogP contribution is 2.44. The highest BCUT2D eigenvalue weighted by Gasteiger charge is 2.51. The molecule has 1 heterocycles. The van der Waals surface area contributed by atoms with Gasteiger partial charge in [-0.3, -0.25) is 0 Å². The zero-order chi connectivity index (χ0) is 45.8. The zero-order valence-corrected chi connectivity index (χ0v) is 41.0. The van der Waals surface area contributed by atoms with Crippen molar-refractivity contribution in [1.82, 2.24) is 0 Å². The first kappa shape index (κ1) is 49.7. The summed E-state index contributed by atoms with van der Waals surface area (Å²) in [7, 11) is -1.63. The van der Waals surface area contributed by atoms with Gasteiger partial charge in [-0.15, -0.1) is 0 Å². The highest BCUT2D eigenvalue weighted by molar-refractivity contribution is 6.98. The first-order chi connectivity index (χ1) is 29.9. The van der Waals surface area contributed by atoms with Crippen LogP contribution >= 0.6 is 0 Å². The first-order valence-corrected chi connectivity index (χ1v) is 27.8. The van der Waals surface area contributed by atoms with Crippen LogP contribution in [0.4, 0.5) is 0 Å². The Labute approximate surface area is 378 Å². The van der Waals surface area contributed by atoms with Gasteiger partial charge in [-0.2, -0.15) is 0 Å². The maximum Gasteiger partial charge on any atom is 0.342 e. The van der Waals surface area contributed by atoms with Crippen molar-refractivity contribution in [3.05, 3.63) is 138 Å². The average Bonchev–Trinajstić information content (AvgIpc) is 3.57.